The van der Waals surface area contributed by atoms with E-state index in [1.807, 2.05) is 25.1 Å². The lowest BCUT2D eigenvalue weighted by molar-refractivity contribution is 0.601. The molecule has 0 amide bonds. The number of benzene rings is 2. The molecule has 2 aromatic carbocycles. The van der Waals surface area contributed by atoms with Gasteiger partial charge >= 0.3 is 0 Å². The van der Waals surface area contributed by atoms with Gasteiger partial charge in [-0.05, 0) is 48.4 Å². The van der Waals surface area contributed by atoms with E-state index in [2.05, 4.69) is 10.0 Å². The average Bonchev–Trinajstić information content (AvgIpc) is 2.47. The molecule has 2 aromatic rings. The Morgan fingerprint density at radius 2 is 1.70 bits per heavy atom. The van der Waals surface area contributed by atoms with Crippen LogP contribution in [0.4, 0.5) is 11.4 Å². The molecule has 0 radical (unpaired) electrons. The fraction of sp³-hybridized carbons (Fsp3) is 0.200. The van der Waals surface area contributed by atoms with Crippen LogP contribution in [0.2, 0.25) is 0 Å². The van der Waals surface area contributed by atoms with Crippen LogP contribution in [0.5, 0.6) is 0 Å². The van der Waals surface area contributed by atoms with Gasteiger partial charge in [-0.3, -0.25) is 4.72 Å². The number of rotatable bonds is 5. The maximum Gasteiger partial charge on any atom is 0.261 e. The zero-order valence-electron chi connectivity index (χ0n) is 11.6. The molecule has 20 heavy (non-hydrogen) atoms. The van der Waals surface area contributed by atoms with E-state index in [1.165, 1.54) is 0 Å². The zero-order valence-corrected chi connectivity index (χ0v) is 12.4. The predicted molar refractivity (Wildman–Crippen MR) is 82.6 cm³/mol. The van der Waals surface area contributed by atoms with Crippen LogP contribution in [0.25, 0.3) is 0 Å². The van der Waals surface area contributed by atoms with Gasteiger partial charge in [0.15, 0.2) is 0 Å². The Balaban J connectivity index is 2.25. The van der Waals surface area contributed by atoms with E-state index in [9.17, 15) is 8.42 Å². The molecule has 0 bridgehead atoms. The topological polar surface area (TPSA) is 58.2 Å². The Morgan fingerprint density at radius 1 is 1.00 bits per heavy atom. The van der Waals surface area contributed by atoms with Crippen molar-refractivity contribution >= 4 is 21.4 Å². The Hall–Kier alpha value is -2.01. The number of anilines is 2. The van der Waals surface area contributed by atoms with Crippen LogP contribution in [-0.4, -0.2) is 15.5 Å². The predicted octanol–water partition coefficient (Wildman–Crippen LogP) is 3.09. The second-order valence-electron chi connectivity index (χ2n) is 4.43. The normalized spacial score (nSPS) is 11.1. The molecule has 0 heterocycles. The van der Waals surface area contributed by atoms with E-state index >= 15 is 0 Å². The summed E-state index contributed by atoms with van der Waals surface area (Å²) >= 11 is 0. The van der Waals surface area contributed by atoms with Gasteiger partial charge in [0, 0.05) is 18.4 Å². The molecule has 5 heteroatoms. The van der Waals surface area contributed by atoms with Crippen LogP contribution >= 0.6 is 0 Å². The Morgan fingerprint density at radius 3 is 2.30 bits per heavy atom. The molecule has 0 aliphatic heterocycles. The second kappa shape index (κ2) is 5.96. The highest BCUT2D eigenvalue weighted by atomic mass is 32.2. The smallest absolute Gasteiger partial charge is 0.261 e. The molecule has 0 unspecified atom stereocenters. The minimum atomic E-state index is -3.54. The third-order valence-electron chi connectivity index (χ3n) is 3.04. The molecule has 0 fully saturated rings. The minimum Gasteiger partial charge on any atom is -0.388 e. The Kier molecular flexibility index (Phi) is 4.29. The fourth-order valence-electron chi connectivity index (χ4n) is 1.87. The molecule has 0 aliphatic rings. The van der Waals surface area contributed by atoms with Crippen molar-refractivity contribution in [3.63, 3.8) is 0 Å². The lowest BCUT2D eigenvalue weighted by Gasteiger charge is -2.09. The number of aryl methyl sites for hydroxylation is 1. The van der Waals surface area contributed by atoms with Crippen molar-refractivity contribution in [1.82, 2.24) is 0 Å². The standard InChI is InChI=1S/C15H18N2O2S/c1-3-12-5-4-6-14(11-12)17-20(18,19)15-9-7-13(16-2)8-10-15/h4-11,16-17H,3H2,1-2H3. The summed E-state index contributed by atoms with van der Waals surface area (Å²) in [5, 5.41) is 2.96. The van der Waals surface area contributed by atoms with Crippen molar-refractivity contribution in [2.24, 2.45) is 0 Å². The van der Waals surface area contributed by atoms with Gasteiger partial charge in [0.1, 0.15) is 0 Å². The van der Waals surface area contributed by atoms with Crippen LogP contribution < -0.4 is 10.0 Å². The van der Waals surface area contributed by atoms with Gasteiger partial charge < -0.3 is 5.32 Å². The van der Waals surface area contributed by atoms with Gasteiger partial charge in [-0.2, -0.15) is 0 Å². The first kappa shape index (κ1) is 14.4. The van der Waals surface area contributed by atoms with E-state index in [4.69, 9.17) is 0 Å². The van der Waals surface area contributed by atoms with Crippen LogP contribution in [-0.2, 0) is 16.4 Å². The summed E-state index contributed by atoms with van der Waals surface area (Å²) in [6.07, 6.45) is 0.867. The number of sulfonamides is 1. The lowest BCUT2D eigenvalue weighted by atomic mass is 10.1. The molecule has 0 aliphatic carbocycles. The molecule has 2 rings (SSSR count). The Bertz CT molecular complexity index is 679. The van der Waals surface area contributed by atoms with Gasteiger partial charge in [0.05, 0.1) is 4.90 Å². The van der Waals surface area contributed by atoms with Gasteiger partial charge in [0.25, 0.3) is 10.0 Å². The maximum absolute atomic E-state index is 12.3. The molecule has 0 aromatic heterocycles. The van der Waals surface area contributed by atoms with Gasteiger partial charge in [-0.25, -0.2) is 8.42 Å². The van der Waals surface area contributed by atoms with Gasteiger partial charge in [-0.15, -0.1) is 0 Å². The molecule has 0 spiro atoms. The quantitative estimate of drug-likeness (QED) is 0.889. The second-order valence-corrected chi connectivity index (χ2v) is 6.12. The van der Waals surface area contributed by atoms with Crippen molar-refractivity contribution in [3.8, 4) is 0 Å². The summed E-state index contributed by atoms with van der Waals surface area (Å²) in [6, 6.07) is 14.0. The monoisotopic (exact) mass is 290 g/mol. The summed E-state index contributed by atoms with van der Waals surface area (Å²) in [5.41, 5.74) is 2.55. The molecular weight excluding hydrogens is 272 g/mol. The van der Waals surface area contributed by atoms with Crippen LogP contribution in [0.3, 0.4) is 0 Å². The van der Waals surface area contributed by atoms with Crippen LogP contribution in [0.15, 0.2) is 53.4 Å². The third-order valence-corrected chi connectivity index (χ3v) is 4.44. The molecular formula is C15H18N2O2S. The minimum absolute atomic E-state index is 0.249. The van der Waals surface area contributed by atoms with Crippen LogP contribution in [0.1, 0.15) is 12.5 Å². The number of nitrogens with one attached hydrogen (secondary N) is 2. The number of hydrogen-bond acceptors (Lipinski definition) is 3. The summed E-state index contributed by atoms with van der Waals surface area (Å²) in [4.78, 5) is 0.249. The molecule has 4 nitrogen and oxygen atoms in total. The number of hydrogen-bond donors (Lipinski definition) is 2. The Labute approximate surface area is 119 Å². The van der Waals surface area contributed by atoms with E-state index in [0.29, 0.717) is 5.69 Å². The van der Waals surface area contributed by atoms with Crippen LogP contribution in [0, 0.1) is 0 Å². The molecule has 2 N–H and O–H groups in total. The fourth-order valence-corrected chi connectivity index (χ4v) is 2.92. The summed E-state index contributed by atoms with van der Waals surface area (Å²) < 4.78 is 27.1. The highest BCUT2D eigenvalue weighted by Crippen LogP contribution is 2.19. The molecule has 106 valence electrons. The van der Waals surface area contributed by atoms with Gasteiger partial charge in [-0.1, -0.05) is 19.1 Å². The van der Waals surface area contributed by atoms with E-state index in [0.717, 1.165) is 17.7 Å². The highest BCUT2D eigenvalue weighted by molar-refractivity contribution is 7.92. The van der Waals surface area contributed by atoms with Crippen molar-refractivity contribution in [2.75, 3.05) is 17.1 Å². The van der Waals surface area contributed by atoms with E-state index < -0.39 is 10.0 Å². The first-order valence-electron chi connectivity index (χ1n) is 6.44. The third kappa shape index (κ3) is 3.30. The first-order chi connectivity index (χ1) is 9.55. The summed E-state index contributed by atoms with van der Waals surface area (Å²) in [7, 11) is -1.75. The van der Waals surface area contributed by atoms with Crippen molar-refractivity contribution in [1.29, 1.82) is 0 Å². The van der Waals surface area contributed by atoms with E-state index in [1.54, 1.807) is 37.4 Å². The summed E-state index contributed by atoms with van der Waals surface area (Å²) in [5.74, 6) is 0. The largest absolute Gasteiger partial charge is 0.388 e. The van der Waals surface area contributed by atoms with Crippen molar-refractivity contribution in [3.05, 3.63) is 54.1 Å². The molecule has 0 saturated carbocycles. The van der Waals surface area contributed by atoms with Crippen molar-refractivity contribution in [2.45, 2.75) is 18.2 Å². The zero-order chi connectivity index (χ0) is 14.6. The highest BCUT2D eigenvalue weighted by Gasteiger charge is 2.13. The van der Waals surface area contributed by atoms with Gasteiger partial charge in [0.2, 0.25) is 0 Å². The SMILES string of the molecule is CCc1cccc(NS(=O)(=O)c2ccc(NC)cc2)c1. The first-order valence-corrected chi connectivity index (χ1v) is 7.93. The molecule has 0 saturated heterocycles. The lowest BCUT2D eigenvalue weighted by Crippen LogP contribution is -2.13. The maximum atomic E-state index is 12.3. The van der Waals surface area contributed by atoms with E-state index in [-0.39, 0.29) is 4.90 Å². The average molecular weight is 290 g/mol. The molecule has 0 atom stereocenters. The van der Waals surface area contributed by atoms with Crippen molar-refractivity contribution < 1.29 is 8.42 Å². The summed E-state index contributed by atoms with van der Waals surface area (Å²) in [6.45, 7) is 2.03.